The first-order valence-electron chi connectivity index (χ1n) is 6.23. The number of hydrogen-bond acceptors (Lipinski definition) is 2. The molecule has 1 aliphatic carbocycles. The van der Waals surface area contributed by atoms with Gasteiger partial charge in [0.05, 0.1) is 6.10 Å². The summed E-state index contributed by atoms with van der Waals surface area (Å²) in [5, 5.41) is 9.95. The molecule has 1 N–H and O–H groups in total. The highest BCUT2D eigenvalue weighted by Gasteiger charge is 2.32. The Hall–Kier alpha value is -0.0800. The Labute approximate surface area is 87.3 Å². The van der Waals surface area contributed by atoms with Gasteiger partial charge in [-0.25, -0.2) is 0 Å². The maximum atomic E-state index is 9.95. The summed E-state index contributed by atoms with van der Waals surface area (Å²) >= 11 is 0. The van der Waals surface area contributed by atoms with Gasteiger partial charge >= 0.3 is 0 Å². The van der Waals surface area contributed by atoms with Gasteiger partial charge < -0.3 is 5.11 Å². The lowest BCUT2D eigenvalue weighted by Gasteiger charge is -2.35. The van der Waals surface area contributed by atoms with E-state index >= 15 is 0 Å². The summed E-state index contributed by atoms with van der Waals surface area (Å²) in [5.41, 5.74) is 0. The highest BCUT2D eigenvalue weighted by atomic mass is 16.3. The minimum absolute atomic E-state index is 0.0423. The van der Waals surface area contributed by atoms with Crippen LogP contribution in [-0.2, 0) is 0 Å². The first kappa shape index (κ1) is 10.4. The SMILES string of the molecule is CCC1CCN([C@@H]2CCCC[C@H]2O)C1. The molecule has 0 bridgehead atoms. The molecule has 1 aliphatic heterocycles. The van der Waals surface area contributed by atoms with E-state index in [2.05, 4.69) is 11.8 Å². The van der Waals surface area contributed by atoms with Gasteiger partial charge in [0.15, 0.2) is 0 Å². The van der Waals surface area contributed by atoms with Gasteiger partial charge in [0, 0.05) is 12.6 Å². The summed E-state index contributed by atoms with van der Waals surface area (Å²) in [6.07, 6.45) is 7.39. The minimum atomic E-state index is -0.0423. The Bertz CT molecular complexity index is 183. The van der Waals surface area contributed by atoms with Crippen molar-refractivity contribution in [3.63, 3.8) is 0 Å². The van der Waals surface area contributed by atoms with E-state index in [0.717, 1.165) is 12.3 Å². The highest BCUT2D eigenvalue weighted by Crippen LogP contribution is 2.28. The molecule has 82 valence electrons. The zero-order chi connectivity index (χ0) is 9.97. The van der Waals surface area contributed by atoms with Gasteiger partial charge in [-0.1, -0.05) is 26.2 Å². The number of aliphatic hydroxyl groups is 1. The molecule has 0 spiro atoms. The second kappa shape index (κ2) is 4.63. The molecule has 1 heterocycles. The van der Waals surface area contributed by atoms with Crippen molar-refractivity contribution in [1.29, 1.82) is 0 Å². The van der Waals surface area contributed by atoms with Crippen molar-refractivity contribution in [2.24, 2.45) is 5.92 Å². The second-order valence-electron chi connectivity index (χ2n) is 4.98. The fourth-order valence-corrected chi connectivity index (χ4v) is 3.01. The normalized spacial score (nSPS) is 40.3. The van der Waals surface area contributed by atoms with Crippen molar-refractivity contribution in [3.05, 3.63) is 0 Å². The molecule has 0 aromatic carbocycles. The van der Waals surface area contributed by atoms with Crippen LogP contribution in [0, 0.1) is 5.92 Å². The number of hydrogen-bond donors (Lipinski definition) is 1. The summed E-state index contributed by atoms with van der Waals surface area (Å²) in [6.45, 7) is 4.74. The van der Waals surface area contributed by atoms with Crippen LogP contribution in [0.5, 0.6) is 0 Å². The van der Waals surface area contributed by atoms with E-state index in [4.69, 9.17) is 0 Å². The van der Waals surface area contributed by atoms with Crippen LogP contribution in [0.25, 0.3) is 0 Å². The number of aliphatic hydroxyl groups excluding tert-OH is 1. The monoisotopic (exact) mass is 197 g/mol. The lowest BCUT2D eigenvalue weighted by Crippen LogP contribution is -2.44. The van der Waals surface area contributed by atoms with Gasteiger partial charge in [-0.15, -0.1) is 0 Å². The van der Waals surface area contributed by atoms with Crippen LogP contribution >= 0.6 is 0 Å². The van der Waals surface area contributed by atoms with Crippen LogP contribution in [0.4, 0.5) is 0 Å². The highest BCUT2D eigenvalue weighted by molar-refractivity contribution is 4.87. The minimum Gasteiger partial charge on any atom is -0.391 e. The lowest BCUT2D eigenvalue weighted by atomic mass is 9.91. The van der Waals surface area contributed by atoms with Gasteiger partial charge in [-0.2, -0.15) is 0 Å². The van der Waals surface area contributed by atoms with Crippen LogP contribution in [0.3, 0.4) is 0 Å². The molecule has 0 amide bonds. The van der Waals surface area contributed by atoms with Crippen LogP contribution in [0.2, 0.25) is 0 Å². The van der Waals surface area contributed by atoms with Gasteiger partial charge in [0.1, 0.15) is 0 Å². The van der Waals surface area contributed by atoms with Crippen LogP contribution in [0.1, 0.15) is 45.4 Å². The first-order chi connectivity index (χ1) is 6.81. The Kier molecular flexibility index (Phi) is 3.45. The fraction of sp³-hybridized carbons (Fsp3) is 1.00. The molecular weight excluding hydrogens is 174 g/mol. The summed E-state index contributed by atoms with van der Waals surface area (Å²) in [5.74, 6) is 0.893. The van der Waals surface area contributed by atoms with Crippen LogP contribution < -0.4 is 0 Å². The van der Waals surface area contributed by atoms with E-state index in [1.807, 2.05) is 0 Å². The molecule has 1 saturated carbocycles. The number of likely N-dealkylation sites (tertiary alicyclic amines) is 1. The van der Waals surface area contributed by atoms with Gasteiger partial charge in [-0.3, -0.25) is 4.90 Å². The summed E-state index contributed by atoms with van der Waals surface area (Å²) in [6, 6.07) is 0.486. The van der Waals surface area contributed by atoms with Crippen LogP contribution in [0.15, 0.2) is 0 Å². The molecule has 2 aliphatic rings. The molecule has 2 rings (SSSR count). The molecule has 2 nitrogen and oxygen atoms in total. The Morgan fingerprint density at radius 1 is 1.21 bits per heavy atom. The van der Waals surface area contributed by atoms with E-state index in [1.54, 1.807) is 0 Å². The quantitative estimate of drug-likeness (QED) is 0.732. The predicted octanol–water partition coefficient (Wildman–Crippen LogP) is 2.02. The maximum absolute atomic E-state index is 9.95. The number of rotatable bonds is 2. The molecule has 0 radical (unpaired) electrons. The summed E-state index contributed by atoms with van der Waals surface area (Å²) in [7, 11) is 0. The third-order valence-electron chi connectivity index (χ3n) is 4.06. The third-order valence-corrected chi connectivity index (χ3v) is 4.06. The van der Waals surface area contributed by atoms with Crippen LogP contribution in [-0.4, -0.2) is 35.2 Å². The molecule has 3 atom stereocenters. The molecule has 2 fully saturated rings. The summed E-state index contributed by atoms with van der Waals surface area (Å²) in [4.78, 5) is 2.54. The molecular formula is C12H23NO. The molecule has 0 aromatic rings. The zero-order valence-corrected chi connectivity index (χ0v) is 9.28. The molecule has 1 unspecified atom stereocenters. The van der Waals surface area contributed by atoms with Crippen molar-refractivity contribution >= 4 is 0 Å². The van der Waals surface area contributed by atoms with E-state index in [1.165, 1.54) is 45.2 Å². The molecule has 0 aromatic heterocycles. The van der Waals surface area contributed by atoms with E-state index in [0.29, 0.717) is 6.04 Å². The molecule has 1 saturated heterocycles. The van der Waals surface area contributed by atoms with E-state index < -0.39 is 0 Å². The fourth-order valence-electron chi connectivity index (χ4n) is 3.01. The summed E-state index contributed by atoms with van der Waals surface area (Å²) < 4.78 is 0. The average molecular weight is 197 g/mol. The van der Waals surface area contributed by atoms with Crippen molar-refractivity contribution in [1.82, 2.24) is 4.90 Å². The first-order valence-corrected chi connectivity index (χ1v) is 6.23. The van der Waals surface area contributed by atoms with E-state index in [9.17, 15) is 5.11 Å². The molecule has 2 heteroatoms. The van der Waals surface area contributed by atoms with Gasteiger partial charge in [0.25, 0.3) is 0 Å². The Morgan fingerprint density at radius 3 is 2.64 bits per heavy atom. The van der Waals surface area contributed by atoms with Crippen molar-refractivity contribution in [2.75, 3.05) is 13.1 Å². The predicted molar refractivity (Wildman–Crippen MR) is 58.2 cm³/mol. The van der Waals surface area contributed by atoms with Gasteiger partial charge in [0.2, 0.25) is 0 Å². The average Bonchev–Trinajstić information content (AvgIpc) is 2.67. The van der Waals surface area contributed by atoms with Crippen molar-refractivity contribution in [2.45, 2.75) is 57.6 Å². The topological polar surface area (TPSA) is 23.5 Å². The second-order valence-corrected chi connectivity index (χ2v) is 4.98. The largest absolute Gasteiger partial charge is 0.391 e. The molecule has 14 heavy (non-hydrogen) atoms. The number of nitrogens with zero attached hydrogens (tertiary/aromatic N) is 1. The smallest absolute Gasteiger partial charge is 0.0695 e. The third kappa shape index (κ3) is 2.12. The maximum Gasteiger partial charge on any atom is 0.0695 e. The Morgan fingerprint density at radius 2 is 2.00 bits per heavy atom. The lowest BCUT2D eigenvalue weighted by molar-refractivity contribution is 0.0294. The zero-order valence-electron chi connectivity index (χ0n) is 9.28. The standard InChI is InChI=1S/C12H23NO/c1-2-10-7-8-13(9-10)11-5-3-4-6-12(11)14/h10-12,14H,2-9H2,1H3/t10?,11-,12-/m1/s1. The van der Waals surface area contributed by atoms with Crippen molar-refractivity contribution in [3.8, 4) is 0 Å². The van der Waals surface area contributed by atoms with Gasteiger partial charge in [-0.05, 0) is 31.7 Å². The Balaban J connectivity index is 1.88. The van der Waals surface area contributed by atoms with E-state index in [-0.39, 0.29) is 6.10 Å². The van der Waals surface area contributed by atoms with Crippen molar-refractivity contribution < 1.29 is 5.11 Å².